The van der Waals surface area contributed by atoms with Crippen LogP contribution in [0.25, 0.3) is 0 Å². The van der Waals surface area contributed by atoms with Gasteiger partial charge in [0.2, 0.25) is 0 Å². The zero-order valence-electron chi connectivity index (χ0n) is 6.42. The minimum absolute atomic E-state index is 0.254. The zero-order valence-corrected chi connectivity index (χ0v) is 8.01. The van der Waals surface area contributed by atoms with Gasteiger partial charge in [0, 0.05) is 4.47 Å². The first-order valence-electron chi connectivity index (χ1n) is 3.61. The molecule has 2 heteroatoms. The van der Waals surface area contributed by atoms with Crippen LogP contribution in [0.2, 0.25) is 0 Å². The third kappa shape index (κ3) is 3.04. The molecule has 1 aromatic carbocycles. The Morgan fingerprint density at radius 2 is 1.91 bits per heavy atom. The molecule has 0 heterocycles. The number of benzene rings is 1. The van der Waals surface area contributed by atoms with Crippen molar-refractivity contribution in [1.29, 1.82) is 0 Å². The van der Waals surface area contributed by atoms with E-state index in [1.807, 2.05) is 24.3 Å². The molecule has 1 aromatic rings. The van der Waals surface area contributed by atoms with Crippen LogP contribution in [0.15, 0.2) is 28.7 Å². The van der Waals surface area contributed by atoms with Crippen molar-refractivity contribution in [2.75, 3.05) is 0 Å². The van der Waals surface area contributed by atoms with Crippen molar-refractivity contribution in [3.63, 3.8) is 0 Å². The normalized spacial score (nSPS) is 13.0. The van der Waals surface area contributed by atoms with Crippen molar-refractivity contribution in [1.82, 2.24) is 0 Å². The standard InChI is InChI=1S/C9H11BrO/c1-7(11)6-8-2-4-9(10)5-3-8/h2-5,7,11H,6H2,1H3/t7-/m1/s1. The van der Waals surface area contributed by atoms with Gasteiger partial charge in [-0.3, -0.25) is 0 Å². The summed E-state index contributed by atoms with van der Waals surface area (Å²) in [4.78, 5) is 0. The molecule has 0 aliphatic carbocycles. The molecule has 0 radical (unpaired) electrons. The van der Waals surface area contributed by atoms with Crippen LogP contribution < -0.4 is 0 Å². The Balaban J connectivity index is 2.66. The van der Waals surface area contributed by atoms with Crippen molar-refractivity contribution in [3.8, 4) is 0 Å². The van der Waals surface area contributed by atoms with Crippen LogP contribution >= 0.6 is 15.9 Å². The predicted octanol–water partition coefficient (Wildman–Crippen LogP) is 2.37. The van der Waals surface area contributed by atoms with Crippen LogP contribution in [0.3, 0.4) is 0 Å². The Bertz CT molecular complexity index is 216. The van der Waals surface area contributed by atoms with Crippen molar-refractivity contribution in [2.24, 2.45) is 0 Å². The molecule has 1 N–H and O–H groups in total. The molecule has 0 spiro atoms. The molecule has 0 unspecified atom stereocenters. The molecular formula is C9H11BrO. The minimum Gasteiger partial charge on any atom is -0.393 e. The summed E-state index contributed by atoms with van der Waals surface area (Å²) in [5, 5.41) is 9.06. The lowest BCUT2D eigenvalue weighted by Gasteiger charge is -2.03. The summed E-state index contributed by atoms with van der Waals surface area (Å²) in [5.74, 6) is 0. The van der Waals surface area contributed by atoms with Gasteiger partial charge in [-0.1, -0.05) is 28.1 Å². The van der Waals surface area contributed by atoms with Gasteiger partial charge in [0.15, 0.2) is 0 Å². The van der Waals surface area contributed by atoms with E-state index in [0.29, 0.717) is 0 Å². The molecule has 0 amide bonds. The molecule has 0 fully saturated rings. The van der Waals surface area contributed by atoms with E-state index < -0.39 is 0 Å². The van der Waals surface area contributed by atoms with Gasteiger partial charge in [0.1, 0.15) is 0 Å². The first-order chi connectivity index (χ1) is 5.18. The van der Waals surface area contributed by atoms with Crippen molar-refractivity contribution in [3.05, 3.63) is 34.3 Å². The van der Waals surface area contributed by atoms with E-state index in [4.69, 9.17) is 5.11 Å². The Morgan fingerprint density at radius 3 is 2.36 bits per heavy atom. The molecule has 0 bridgehead atoms. The highest BCUT2D eigenvalue weighted by molar-refractivity contribution is 9.10. The van der Waals surface area contributed by atoms with E-state index in [2.05, 4.69) is 15.9 Å². The predicted molar refractivity (Wildman–Crippen MR) is 49.5 cm³/mol. The second-order valence-electron chi connectivity index (χ2n) is 2.68. The highest BCUT2D eigenvalue weighted by Gasteiger charge is 1.97. The lowest BCUT2D eigenvalue weighted by Crippen LogP contribution is -2.03. The second kappa shape index (κ2) is 3.88. The maximum absolute atomic E-state index is 9.06. The Labute approximate surface area is 75.2 Å². The molecule has 0 aliphatic heterocycles. The Kier molecular flexibility index (Phi) is 3.09. The van der Waals surface area contributed by atoms with E-state index in [-0.39, 0.29) is 6.10 Å². The molecule has 60 valence electrons. The number of rotatable bonds is 2. The first-order valence-corrected chi connectivity index (χ1v) is 4.40. The molecule has 0 aliphatic rings. The van der Waals surface area contributed by atoms with Crippen molar-refractivity contribution in [2.45, 2.75) is 19.4 Å². The second-order valence-corrected chi connectivity index (χ2v) is 3.60. The molecule has 11 heavy (non-hydrogen) atoms. The molecule has 0 aromatic heterocycles. The maximum atomic E-state index is 9.06. The largest absolute Gasteiger partial charge is 0.393 e. The number of halogens is 1. The average Bonchev–Trinajstić information content (AvgIpc) is 1.93. The zero-order chi connectivity index (χ0) is 8.27. The van der Waals surface area contributed by atoms with Gasteiger partial charge in [-0.25, -0.2) is 0 Å². The van der Waals surface area contributed by atoms with Crippen molar-refractivity contribution < 1.29 is 5.11 Å². The lowest BCUT2D eigenvalue weighted by molar-refractivity contribution is 0.195. The monoisotopic (exact) mass is 214 g/mol. The molecule has 0 saturated heterocycles. The third-order valence-corrected chi connectivity index (χ3v) is 1.97. The van der Waals surface area contributed by atoms with Gasteiger partial charge in [-0.2, -0.15) is 0 Å². The number of hydrogen-bond donors (Lipinski definition) is 1. The molecule has 1 atom stereocenters. The summed E-state index contributed by atoms with van der Waals surface area (Å²) in [6, 6.07) is 7.99. The van der Waals surface area contributed by atoms with Gasteiger partial charge in [0.05, 0.1) is 6.10 Å². The quantitative estimate of drug-likeness (QED) is 0.802. The van der Waals surface area contributed by atoms with Crippen LogP contribution in [0.5, 0.6) is 0 Å². The number of hydrogen-bond acceptors (Lipinski definition) is 1. The van der Waals surface area contributed by atoms with Gasteiger partial charge >= 0.3 is 0 Å². The highest BCUT2D eigenvalue weighted by atomic mass is 79.9. The maximum Gasteiger partial charge on any atom is 0.0552 e. The lowest BCUT2D eigenvalue weighted by atomic mass is 10.1. The van der Waals surface area contributed by atoms with E-state index >= 15 is 0 Å². The van der Waals surface area contributed by atoms with Crippen LogP contribution in [-0.4, -0.2) is 11.2 Å². The van der Waals surface area contributed by atoms with Gasteiger partial charge < -0.3 is 5.11 Å². The fourth-order valence-electron chi connectivity index (χ4n) is 0.962. The van der Waals surface area contributed by atoms with E-state index in [1.54, 1.807) is 6.92 Å². The fourth-order valence-corrected chi connectivity index (χ4v) is 1.23. The minimum atomic E-state index is -0.254. The van der Waals surface area contributed by atoms with Crippen LogP contribution in [0, 0.1) is 0 Å². The number of aliphatic hydroxyl groups excluding tert-OH is 1. The topological polar surface area (TPSA) is 20.2 Å². The third-order valence-electron chi connectivity index (χ3n) is 1.44. The Hall–Kier alpha value is -0.340. The van der Waals surface area contributed by atoms with Crippen LogP contribution in [0.4, 0.5) is 0 Å². The van der Waals surface area contributed by atoms with Gasteiger partial charge in [-0.05, 0) is 31.0 Å². The smallest absolute Gasteiger partial charge is 0.0552 e. The van der Waals surface area contributed by atoms with E-state index in [1.165, 1.54) is 5.56 Å². The summed E-state index contributed by atoms with van der Waals surface area (Å²) in [7, 11) is 0. The van der Waals surface area contributed by atoms with E-state index in [9.17, 15) is 0 Å². The molecule has 1 nitrogen and oxygen atoms in total. The SMILES string of the molecule is C[C@@H](O)Cc1ccc(Br)cc1. The van der Waals surface area contributed by atoms with Gasteiger partial charge in [0.25, 0.3) is 0 Å². The molecular weight excluding hydrogens is 204 g/mol. The summed E-state index contributed by atoms with van der Waals surface area (Å²) in [6.07, 6.45) is 0.476. The highest BCUT2D eigenvalue weighted by Crippen LogP contribution is 2.11. The average molecular weight is 215 g/mol. The van der Waals surface area contributed by atoms with Gasteiger partial charge in [-0.15, -0.1) is 0 Å². The van der Waals surface area contributed by atoms with Crippen LogP contribution in [-0.2, 0) is 6.42 Å². The molecule has 1 rings (SSSR count). The first kappa shape index (κ1) is 8.75. The van der Waals surface area contributed by atoms with Crippen molar-refractivity contribution >= 4 is 15.9 Å². The number of aliphatic hydroxyl groups is 1. The summed E-state index contributed by atoms with van der Waals surface area (Å²) >= 11 is 3.35. The summed E-state index contributed by atoms with van der Waals surface area (Å²) in [5.41, 5.74) is 1.17. The summed E-state index contributed by atoms with van der Waals surface area (Å²) in [6.45, 7) is 1.79. The Morgan fingerprint density at radius 1 is 1.36 bits per heavy atom. The molecule has 0 saturated carbocycles. The fraction of sp³-hybridized carbons (Fsp3) is 0.333. The summed E-state index contributed by atoms with van der Waals surface area (Å²) < 4.78 is 1.08. The van der Waals surface area contributed by atoms with Crippen LogP contribution in [0.1, 0.15) is 12.5 Å². The van der Waals surface area contributed by atoms with E-state index in [0.717, 1.165) is 10.9 Å².